The fourth-order valence-corrected chi connectivity index (χ4v) is 3.55. The standard InChI is InChI=1S/C21H18N2O6/c24-18(22-17-6-2-1-5-15(17)21(27)28)12-7-8-14-16(10-12)20(26)23(19(14)25)11-13-4-3-9-29-13/h1-2,5-8,10,13H,3-4,9,11H2,(H,22,24)(H,27,28)/p-1/t13-/m1/s1. The molecule has 0 aliphatic carbocycles. The van der Waals surface area contributed by atoms with E-state index < -0.39 is 23.7 Å². The van der Waals surface area contributed by atoms with E-state index in [1.807, 2.05) is 0 Å². The van der Waals surface area contributed by atoms with Crippen LogP contribution in [0.1, 0.15) is 54.3 Å². The Morgan fingerprint density at radius 3 is 2.59 bits per heavy atom. The van der Waals surface area contributed by atoms with Crippen LogP contribution in [0.2, 0.25) is 0 Å². The molecule has 8 heteroatoms. The van der Waals surface area contributed by atoms with E-state index in [1.54, 1.807) is 6.07 Å². The number of carboxylic acids is 1. The Morgan fingerprint density at radius 2 is 1.86 bits per heavy atom. The highest BCUT2D eigenvalue weighted by atomic mass is 16.5. The number of rotatable bonds is 5. The minimum atomic E-state index is -1.42. The second kappa shape index (κ2) is 7.48. The van der Waals surface area contributed by atoms with Gasteiger partial charge in [-0.15, -0.1) is 0 Å². The predicted octanol–water partition coefficient (Wildman–Crippen LogP) is 1.08. The number of nitrogens with zero attached hydrogens (tertiary/aromatic N) is 1. The van der Waals surface area contributed by atoms with E-state index >= 15 is 0 Å². The number of carboxylic acid groups (broad SMARTS) is 1. The molecule has 1 atom stereocenters. The molecule has 1 N–H and O–H groups in total. The molecule has 8 nitrogen and oxygen atoms in total. The number of ether oxygens (including phenoxy) is 1. The maximum atomic E-state index is 12.7. The van der Waals surface area contributed by atoms with Crippen molar-refractivity contribution in [2.45, 2.75) is 18.9 Å². The van der Waals surface area contributed by atoms with Gasteiger partial charge in [0.25, 0.3) is 17.7 Å². The quantitative estimate of drug-likeness (QED) is 0.760. The molecular weight excluding hydrogens is 376 g/mol. The summed E-state index contributed by atoms with van der Waals surface area (Å²) in [5.74, 6) is -2.89. The number of para-hydroxylation sites is 1. The third-order valence-corrected chi connectivity index (χ3v) is 5.04. The molecule has 0 saturated carbocycles. The molecule has 148 valence electrons. The van der Waals surface area contributed by atoms with Crippen molar-refractivity contribution in [2.75, 3.05) is 18.5 Å². The Morgan fingerprint density at radius 1 is 1.10 bits per heavy atom. The summed E-state index contributed by atoms with van der Waals surface area (Å²) in [4.78, 5) is 50.2. The topological polar surface area (TPSA) is 116 Å². The maximum absolute atomic E-state index is 12.7. The molecule has 3 amide bonds. The first-order valence-corrected chi connectivity index (χ1v) is 9.19. The number of hydrogen-bond acceptors (Lipinski definition) is 6. The Balaban J connectivity index is 1.56. The van der Waals surface area contributed by atoms with E-state index in [0.29, 0.717) is 6.61 Å². The number of fused-ring (bicyclic) bond motifs is 1. The van der Waals surface area contributed by atoms with Gasteiger partial charge in [-0.3, -0.25) is 19.3 Å². The number of hydrogen-bond donors (Lipinski definition) is 1. The van der Waals surface area contributed by atoms with Crippen molar-refractivity contribution in [1.82, 2.24) is 4.90 Å². The SMILES string of the molecule is O=C(Nc1ccccc1C(=O)[O-])c1ccc2c(c1)C(=O)N(C[C@H]1CCCO1)C2=O. The average molecular weight is 393 g/mol. The summed E-state index contributed by atoms with van der Waals surface area (Å²) in [7, 11) is 0. The van der Waals surface area contributed by atoms with Gasteiger partial charge >= 0.3 is 0 Å². The smallest absolute Gasteiger partial charge is 0.261 e. The highest BCUT2D eigenvalue weighted by Gasteiger charge is 2.37. The van der Waals surface area contributed by atoms with Crippen LogP contribution >= 0.6 is 0 Å². The molecule has 0 aromatic heterocycles. The summed E-state index contributed by atoms with van der Waals surface area (Å²) in [6.45, 7) is 0.804. The summed E-state index contributed by atoms with van der Waals surface area (Å²) in [5.41, 5.74) is 0.446. The number of amides is 3. The van der Waals surface area contributed by atoms with Crippen LogP contribution in [-0.2, 0) is 4.74 Å². The van der Waals surface area contributed by atoms with E-state index in [4.69, 9.17) is 4.74 Å². The number of anilines is 1. The lowest BCUT2D eigenvalue weighted by Crippen LogP contribution is -2.36. The van der Waals surface area contributed by atoms with E-state index in [1.165, 1.54) is 36.4 Å². The highest BCUT2D eigenvalue weighted by Crippen LogP contribution is 2.26. The zero-order valence-corrected chi connectivity index (χ0v) is 15.3. The average Bonchev–Trinajstić information content (AvgIpc) is 3.31. The first-order valence-electron chi connectivity index (χ1n) is 9.19. The number of carbonyl (C=O) groups is 4. The summed E-state index contributed by atoms with van der Waals surface area (Å²) >= 11 is 0. The highest BCUT2D eigenvalue weighted by molar-refractivity contribution is 6.22. The normalized spacial score (nSPS) is 18.1. The van der Waals surface area contributed by atoms with Gasteiger partial charge in [0, 0.05) is 17.7 Å². The van der Waals surface area contributed by atoms with Gasteiger partial charge < -0.3 is 20.0 Å². The zero-order valence-electron chi connectivity index (χ0n) is 15.3. The lowest BCUT2D eigenvalue weighted by Gasteiger charge is -2.17. The van der Waals surface area contributed by atoms with Crippen LogP contribution in [0.15, 0.2) is 42.5 Å². The van der Waals surface area contributed by atoms with E-state index in [9.17, 15) is 24.3 Å². The summed E-state index contributed by atoms with van der Waals surface area (Å²) < 4.78 is 5.51. The molecule has 0 radical (unpaired) electrons. The maximum Gasteiger partial charge on any atom is 0.261 e. The van der Waals surface area contributed by atoms with Gasteiger partial charge in [-0.25, -0.2) is 0 Å². The van der Waals surface area contributed by atoms with Crippen molar-refractivity contribution < 1.29 is 29.0 Å². The fourth-order valence-electron chi connectivity index (χ4n) is 3.55. The molecule has 29 heavy (non-hydrogen) atoms. The number of imide groups is 1. The molecule has 0 unspecified atom stereocenters. The predicted molar refractivity (Wildman–Crippen MR) is 99.5 cm³/mol. The fraction of sp³-hybridized carbons (Fsp3) is 0.238. The van der Waals surface area contributed by atoms with Crippen LogP contribution in [0, 0.1) is 0 Å². The van der Waals surface area contributed by atoms with E-state index in [0.717, 1.165) is 17.7 Å². The van der Waals surface area contributed by atoms with Crippen LogP contribution in [0.3, 0.4) is 0 Å². The molecule has 2 heterocycles. The molecule has 0 bridgehead atoms. The number of nitrogens with one attached hydrogen (secondary N) is 1. The Hall–Kier alpha value is -3.52. The second-order valence-corrected chi connectivity index (χ2v) is 6.90. The van der Waals surface area contributed by atoms with Gasteiger partial charge in [0.15, 0.2) is 0 Å². The van der Waals surface area contributed by atoms with Crippen LogP contribution in [-0.4, -0.2) is 47.8 Å². The molecule has 1 fully saturated rings. The van der Waals surface area contributed by atoms with E-state index in [-0.39, 0.29) is 40.6 Å². The van der Waals surface area contributed by atoms with Gasteiger partial charge in [-0.2, -0.15) is 0 Å². The van der Waals surface area contributed by atoms with Gasteiger partial charge in [-0.05, 0) is 37.1 Å². The van der Waals surface area contributed by atoms with Crippen LogP contribution in [0.4, 0.5) is 5.69 Å². The van der Waals surface area contributed by atoms with Crippen molar-refractivity contribution in [3.05, 3.63) is 64.7 Å². The molecule has 4 rings (SSSR count). The molecule has 2 aromatic carbocycles. The number of carbonyl (C=O) groups excluding carboxylic acids is 4. The first kappa shape index (κ1) is 18.8. The largest absolute Gasteiger partial charge is 0.545 e. The lowest BCUT2D eigenvalue weighted by atomic mass is 10.0. The molecule has 2 aliphatic heterocycles. The summed E-state index contributed by atoms with van der Waals surface area (Å²) in [5, 5.41) is 13.7. The molecule has 0 spiro atoms. The second-order valence-electron chi connectivity index (χ2n) is 6.90. The zero-order chi connectivity index (χ0) is 20.5. The summed E-state index contributed by atoms with van der Waals surface area (Å²) in [6.07, 6.45) is 1.52. The lowest BCUT2D eigenvalue weighted by molar-refractivity contribution is -0.254. The monoisotopic (exact) mass is 393 g/mol. The van der Waals surface area contributed by atoms with Crippen LogP contribution in [0.5, 0.6) is 0 Å². The van der Waals surface area contributed by atoms with Crippen LogP contribution < -0.4 is 10.4 Å². The van der Waals surface area contributed by atoms with Crippen LogP contribution in [0.25, 0.3) is 0 Å². The molecular formula is C21H17N2O6-. The minimum Gasteiger partial charge on any atom is -0.545 e. The third kappa shape index (κ3) is 3.50. The summed E-state index contributed by atoms with van der Waals surface area (Å²) in [6, 6.07) is 10.1. The van der Waals surface area contributed by atoms with Crippen molar-refractivity contribution in [2.24, 2.45) is 0 Å². The number of benzene rings is 2. The minimum absolute atomic E-state index is 0.0837. The van der Waals surface area contributed by atoms with Gasteiger partial charge in [0.05, 0.1) is 35.4 Å². The Labute approximate surface area is 166 Å². The third-order valence-electron chi connectivity index (χ3n) is 5.04. The van der Waals surface area contributed by atoms with Gasteiger partial charge in [0.2, 0.25) is 0 Å². The Bertz CT molecular complexity index is 1030. The van der Waals surface area contributed by atoms with Crippen molar-refractivity contribution >= 4 is 29.4 Å². The van der Waals surface area contributed by atoms with Crippen molar-refractivity contribution in [1.29, 1.82) is 0 Å². The van der Waals surface area contributed by atoms with Crippen molar-refractivity contribution in [3.63, 3.8) is 0 Å². The molecule has 1 saturated heterocycles. The van der Waals surface area contributed by atoms with E-state index in [2.05, 4.69) is 5.32 Å². The van der Waals surface area contributed by atoms with Gasteiger partial charge in [-0.1, -0.05) is 18.2 Å². The Kier molecular flexibility index (Phi) is 4.85. The first-order chi connectivity index (χ1) is 14.0. The van der Waals surface area contributed by atoms with Crippen molar-refractivity contribution in [3.8, 4) is 0 Å². The number of aromatic carboxylic acids is 1. The molecule has 2 aliphatic rings. The van der Waals surface area contributed by atoms with Gasteiger partial charge in [0.1, 0.15) is 0 Å². The molecule has 2 aromatic rings.